The number of hydrogen-bond acceptors (Lipinski definition) is 2. The SMILES string of the molecule is CCC[CH]C(=O)Oc1c(Cl)cc(Cl)cc1Cl. The number of halogens is 3. The van der Waals surface area contributed by atoms with Crippen molar-refractivity contribution in [2.24, 2.45) is 0 Å². The molecule has 0 N–H and O–H groups in total. The van der Waals surface area contributed by atoms with Gasteiger partial charge in [-0.25, -0.2) is 0 Å². The number of ether oxygens (including phenoxy) is 1. The Hall–Kier alpha value is -0.440. The Kier molecular flexibility index (Phi) is 5.39. The zero-order chi connectivity index (χ0) is 12.1. The van der Waals surface area contributed by atoms with Crippen LogP contribution in [0.15, 0.2) is 12.1 Å². The average Bonchev–Trinajstić information content (AvgIpc) is 2.20. The maximum absolute atomic E-state index is 11.3. The molecule has 2 nitrogen and oxygen atoms in total. The number of carbonyl (C=O) groups excluding carboxylic acids is 1. The monoisotopic (exact) mass is 279 g/mol. The number of unbranched alkanes of at least 4 members (excludes halogenated alkanes) is 1. The number of carbonyl (C=O) groups is 1. The van der Waals surface area contributed by atoms with Crippen LogP contribution in [0.5, 0.6) is 5.75 Å². The van der Waals surface area contributed by atoms with Crippen LogP contribution in [-0.4, -0.2) is 5.97 Å². The molecule has 1 rings (SSSR count). The quantitative estimate of drug-likeness (QED) is 0.597. The van der Waals surface area contributed by atoms with Crippen LogP contribution >= 0.6 is 34.8 Å². The summed E-state index contributed by atoms with van der Waals surface area (Å²) in [6.45, 7) is 1.96. The number of hydrogen-bond donors (Lipinski definition) is 0. The molecule has 0 heterocycles. The molecule has 0 aromatic heterocycles. The summed E-state index contributed by atoms with van der Waals surface area (Å²) in [6.07, 6.45) is 2.97. The van der Waals surface area contributed by atoms with Crippen molar-refractivity contribution in [1.29, 1.82) is 0 Å². The van der Waals surface area contributed by atoms with Crippen LogP contribution in [0.25, 0.3) is 0 Å². The van der Waals surface area contributed by atoms with E-state index in [1.54, 1.807) is 0 Å². The average molecular weight is 281 g/mol. The van der Waals surface area contributed by atoms with Crippen LogP contribution < -0.4 is 4.74 Å². The first-order valence-corrected chi connectivity index (χ1v) is 5.87. The third-order valence-corrected chi connectivity index (χ3v) is 2.55. The fourth-order valence-corrected chi connectivity index (χ4v) is 1.93. The molecule has 0 fully saturated rings. The van der Waals surface area contributed by atoms with Crippen molar-refractivity contribution in [1.82, 2.24) is 0 Å². The highest BCUT2D eigenvalue weighted by Crippen LogP contribution is 2.35. The van der Waals surface area contributed by atoms with Gasteiger partial charge in [-0.1, -0.05) is 48.1 Å². The molecule has 0 bridgehead atoms. The molecule has 0 spiro atoms. The van der Waals surface area contributed by atoms with Gasteiger partial charge >= 0.3 is 5.97 Å². The molecular weight excluding hydrogens is 270 g/mol. The maximum atomic E-state index is 11.3. The van der Waals surface area contributed by atoms with E-state index in [-0.39, 0.29) is 15.8 Å². The summed E-state index contributed by atoms with van der Waals surface area (Å²) in [5.41, 5.74) is 0. The summed E-state index contributed by atoms with van der Waals surface area (Å²) in [5, 5.41) is 0.832. The number of esters is 1. The van der Waals surface area contributed by atoms with E-state index in [1.807, 2.05) is 6.92 Å². The fourth-order valence-electron chi connectivity index (χ4n) is 1.03. The van der Waals surface area contributed by atoms with Gasteiger partial charge < -0.3 is 4.74 Å². The van der Waals surface area contributed by atoms with E-state index >= 15 is 0 Å². The highest BCUT2D eigenvalue weighted by molar-refractivity contribution is 6.40. The first-order valence-electron chi connectivity index (χ1n) is 4.74. The van der Waals surface area contributed by atoms with Crippen molar-refractivity contribution in [2.45, 2.75) is 19.8 Å². The van der Waals surface area contributed by atoms with Crippen LogP contribution in [0.4, 0.5) is 0 Å². The normalized spacial score (nSPS) is 10.2. The lowest BCUT2D eigenvalue weighted by molar-refractivity contribution is -0.130. The molecule has 0 saturated heterocycles. The zero-order valence-corrected chi connectivity index (χ0v) is 10.9. The van der Waals surface area contributed by atoms with Crippen LogP contribution in [0.1, 0.15) is 19.8 Å². The molecule has 16 heavy (non-hydrogen) atoms. The Labute approximate surface area is 109 Å². The predicted molar refractivity (Wildman–Crippen MR) is 66.3 cm³/mol. The van der Waals surface area contributed by atoms with Crippen molar-refractivity contribution in [3.8, 4) is 5.75 Å². The van der Waals surface area contributed by atoms with E-state index < -0.39 is 5.97 Å². The maximum Gasteiger partial charge on any atom is 0.315 e. The van der Waals surface area contributed by atoms with Crippen LogP contribution in [0, 0.1) is 6.42 Å². The third kappa shape index (κ3) is 3.85. The highest BCUT2D eigenvalue weighted by Gasteiger charge is 2.13. The lowest BCUT2D eigenvalue weighted by Crippen LogP contribution is -2.08. The van der Waals surface area contributed by atoms with Gasteiger partial charge in [0.15, 0.2) is 5.75 Å². The molecule has 1 aromatic carbocycles. The summed E-state index contributed by atoms with van der Waals surface area (Å²) < 4.78 is 5.02. The number of rotatable bonds is 4. The van der Waals surface area contributed by atoms with Gasteiger partial charge in [0.1, 0.15) is 0 Å². The van der Waals surface area contributed by atoms with E-state index in [9.17, 15) is 4.79 Å². The summed E-state index contributed by atoms with van der Waals surface area (Å²) in [4.78, 5) is 11.3. The van der Waals surface area contributed by atoms with Crippen molar-refractivity contribution in [2.75, 3.05) is 0 Å². The fraction of sp³-hybridized carbons (Fsp3) is 0.273. The van der Waals surface area contributed by atoms with Crippen LogP contribution in [0.2, 0.25) is 15.1 Å². The van der Waals surface area contributed by atoms with Gasteiger partial charge in [-0.15, -0.1) is 0 Å². The van der Waals surface area contributed by atoms with Crippen molar-refractivity contribution < 1.29 is 9.53 Å². The molecule has 1 aromatic rings. The Morgan fingerprint density at radius 3 is 2.38 bits per heavy atom. The standard InChI is InChI=1S/C11H10Cl3O2/c1-2-3-4-10(15)16-11-8(13)5-7(12)6-9(11)14/h4-6H,2-3H2,1H3. The molecular formula is C11H10Cl3O2. The van der Waals surface area contributed by atoms with Gasteiger partial charge in [0, 0.05) is 5.02 Å². The lowest BCUT2D eigenvalue weighted by atomic mass is 10.2. The van der Waals surface area contributed by atoms with Gasteiger partial charge in [0.2, 0.25) is 0 Å². The van der Waals surface area contributed by atoms with Gasteiger partial charge in [0.25, 0.3) is 0 Å². The molecule has 0 aliphatic rings. The molecule has 0 saturated carbocycles. The molecule has 87 valence electrons. The first kappa shape index (κ1) is 13.6. The van der Waals surface area contributed by atoms with E-state index in [0.717, 1.165) is 6.42 Å². The van der Waals surface area contributed by atoms with E-state index in [4.69, 9.17) is 39.5 Å². The minimum atomic E-state index is -0.465. The topological polar surface area (TPSA) is 26.3 Å². The highest BCUT2D eigenvalue weighted by atomic mass is 35.5. The second kappa shape index (κ2) is 6.33. The van der Waals surface area contributed by atoms with Crippen molar-refractivity contribution >= 4 is 40.8 Å². The largest absolute Gasteiger partial charge is 0.423 e. The summed E-state index contributed by atoms with van der Waals surface area (Å²) in [7, 11) is 0. The van der Waals surface area contributed by atoms with E-state index in [1.165, 1.54) is 18.6 Å². The Balaban J connectivity index is 2.77. The Morgan fingerprint density at radius 1 is 1.31 bits per heavy atom. The summed E-state index contributed by atoms with van der Waals surface area (Å²) >= 11 is 17.4. The predicted octanol–water partition coefficient (Wildman–Crippen LogP) is 4.56. The first-order chi connectivity index (χ1) is 7.54. The van der Waals surface area contributed by atoms with Gasteiger partial charge in [-0.2, -0.15) is 0 Å². The summed E-state index contributed by atoms with van der Waals surface area (Å²) in [6, 6.07) is 2.94. The van der Waals surface area contributed by atoms with Crippen LogP contribution in [0.3, 0.4) is 0 Å². The zero-order valence-electron chi connectivity index (χ0n) is 8.60. The summed E-state index contributed by atoms with van der Waals surface area (Å²) in [5.74, 6) is -0.321. The van der Waals surface area contributed by atoms with Crippen LogP contribution in [-0.2, 0) is 4.79 Å². The Bertz CT molecular complexity index is 368. The molecule has 0 aliphatic carbocycles. The minimum Gasteiger partial charge on any atom is -0.423 e. The second-order valence-corrected chi connectivity index (χ2v) is 4.36. The third-order valence-electron chi connectivity index (χ3n) is 1.77. The van der Waals surface area contributed by atoms with E-state index in [2.05, 4.69) is 0 Å². The smallest absolute Gasteiger partial charge is 0.315 e. The molecule has 0 atom stereocenters. The minimum absolute atomic E-state index is 0.144. The van der Waals surface area contributed by atoms with Gasteiger partial charge in [-0.05, 0) is 18.6 Å². The molecule has 5 heteroatoms. The molecule has 0 amide bonds. The lowest BCUT2D eigenvalue weighted by Gasteiger charge is -2.08. The number of benzene rings is 1. The molecule has 1 radical (unpaired) electrons. The second-order valence-electron chi connectivity index (χ2n) is 3.11. The van der Waals surface area contributed by atoms with Crippen molar-refractivity contribution in [3.63, 3.8) is 0 Å². The van der Waals surface area contributed by atoms with E-state index in [0.29, 0.717) is 11.4 Å². The Morgan fingerprint density at radius 2 is 1.88 bits per heavy atom. The molecule has 0 aliphatic heterocycles. The van der Waals surface area contributed by atoms with Gasteiger partial charge in [-0.3, -0.25) is 4.79 Å². The van der Waals surface area contributed by atoms with Gasteiger partial charge in [0.05, 0.1) is 16.5 Å². The van der Waals surface area contributed by atoms with Crippen molar-refractivity contribution in [3.05, 3.63) is 33.6 Å². The molecule has 0 unspecified atom stereocenters.